The molecule has 0 spiro atoms. The average molecular weight is 216 g/mol. The summed E-state index contributed by atoms with van der Waals surface area (Å²) in [6.45, 7) is 0. The Morgan fingerprint density at radius 2 is 1.93 bits per heavy atom. The summed E-state index contributed by atoms with van der Waals surface area (Å²) >= 11 is 1.10. The van der Waals surface area contributed by atoms with Gasteiger partial charge < -0.3 is 4.74 Å². The molecule has 0 unspecified atom stereocenters. The van der Waals surface area contributed by atoms with Crippen LogP contribution in [0, 0.1) is 5.92 Å². The molecule has 0 atom stereocenters. The first-order chi connectivity index (χ1) is 6.74. The van der Waals surface area contributed by atoms with E-state index in [0.717, 1.165) is 37.4 Å². The first-order valence-corrected chi connectivity index (χ1v) is 5.96. The second-order valence-corrected chi connectivity index (χ2v) is 4.50. The molecule has 4 heteroatoms. The van der Waals surface area contributed by atoms with E-state index in [4.69, 9.17) is 0 Å². The van der Waals surface area contributed by atoms with E-state index in [2.05, 4.69) is 4.74 Å². The molecule has 0 aromatic rings. The van der Waals surface area contributed by atoms with Crippen molar-refractivity contribution < 1.29 is 14.3 Å². The Labute approximate surface area is 88.6 Å². The molecule has 1 fully saturated rings. The topological polar surface area (TPSA) is 43.4 Å². The van der Waals surface area contributed by atoms with E-state index in [1.165, 1.54) is 13.5 Å². The average Bonchev–Trinajstić information content (AvgIpc) is 2.26. The lowest BCUT2D eigenvalue weighted by Gasteiger charge is -2.19. The van der Waals surface area contributed by atoms with Crippen molar-refractivity contribution >= 4 is 22.8 Å². The van der Waals surface area contributed by atoms with E-state index in [1.807, 2.05) is 0 Å². The fourth-order valence-electron chi connectivity index (χ4n) is 1.65. The molecule has 0 amide bonds. The molecule has 0 radical (unpaired) electrons. The van der Waals surface area contributed by atoms with Gasteiger partial charge in [0.2, 0.25) is 0 Å². The minimum absolute atomic E-state index is 0.159. The number of ether oxygens (including phenoxy) is 1. The normalized spacial score (nSPS) is 17.8. The van der Waals surface area contributed by atoms with Crippen LogP contribution in [-0.2, 0) is 14.3 Å². The first-order valence-electron chi connectivity index (χ1n) is 4.97. The van der Waals surface area contributed by atoms with Crippen LogP contribution in [0.1, 0.15) is 32.1 Å². The molecule has 0 N–H and O–H groups in total. The highest BCUT2D eigenvalue weighted by atomic mass is 32.2. The zero-order valence-electron chi connectivity index (χ0n) is 8.45. The molecular weight excluding hydrogens is 200 g/mol. The molecule has 1 aliphatic carbocycles. The van der Waals surface area contributed by atoms with Crippen molar-refractivity contribution in [3.63, 3.8) is 0 Å². The summed E-state index contributed by atoms with van der Waals surface area (Å²) in [4.78, 5) is 22.4. The Bertz CT molecular complexity index is 209. The highest BCUT2D eigenvalue weighted by Crippen LogP contribution is 2.27. The number of esters is 1. The van der Waals surface area contributed by atoms with E-state index >= 15 is 0 Å². The summed E-state index contributed by atoms with van der Waals surface area (Å²) < 4.78 is 4.48. The summed E-state index contributed by atoms with van der Waals surface area (Å²) in [6, 6.07) is 0. The molecule has 1 rings (SSSR count). The Morgan fingerprint density at radius 3 is 2.50 bits per heavy atom. The van der Waals surface area contributed by atoms with Crippen LogP contribution in [0.4, 0.5) is 0 Å². The van der Waals surface area contributed by atoms with Gasteiger partial charge in [-0.05, 0) is 12.8 Å². The third-order valence-electron chi connectivity index (χ3n) is 2.50. The lowest BCUT2D eigenvalue weighted by Crippen LogP contribution is -2.16. The molecule has 0 aliphatic heterocycles. The first kappa shape index (κ1) is 11.6. The smallest absolute Gasteiger partial charge is 0.316 e. The molecule has 0 aromatic heterocycles. The van der Waals surface area contributed by atoms with Gasteiger partial charge in [0.05, 0.1) is 12.9 Å². The largest absolute Gasteiger partial charge is 0.468 e. The van der Waals surface area contributed by atoms with Gasteiger partial charge in [0.25, 0.3) is 0 Å². The van der Waals surface area contributed by atoms with Crippen LogP contribution in [0.3, 0.4) is 0 Å². The molecule has 0 aromatic carbocycles. The van der Waals surface area contributed by atoms with Gasteiger partial charge in [-0.3, -0.25) is 9.59 Å². The Kier molecular flexibility index (Phi) is 5.01. The highest BCUT2D eigenvalue weighted by Gasteiger charge is 2.21. The monoisotopic (exact) mass is 216 g/mol. The minimum atomic E-state index is -0.320. The molecule has 3 nitrogen and oxygen atoms in total. The van der Waals surface area contributed by atoms with Crippen LogP contribution in [0.2, 0.25) is 0 Å². The number of hydrogen-bond donors (Lipinski definition) is 0. The summed E-state index contributed by atoms with van der Waals surface area (Å²) in [5, 5.41) is 0.162. The second kappa shape index (κ2) is 6.06. The van der Waals surface area contributed by atoms with E-state index in [9.17, 15) is 9.59 Å². The predicted molar refractivity (Wildman–Crippen MR) is 56.1 cm³/mol. The van der Waals surface area contributed by atoms with E-state index in [0.29, 0.717) is 0 Å². The molecular formula is C10H16O3S. The van der Waals surface area contributed by atoms with E-state index in [1.54, 1.807) is 0 Å². The van der Waals surface area contributed by atoms with Crippen molar-refractivity contribution in [3.8, 4) is 0 Å². The van der Waals surface area contributed by atoms with Crippen LogP contribution in [0.25, 0.3) is 0 Å². The van der Waals surface area contributed by atoms with Crippen LogP contribution >= 0.6 is 11.8 Å². The lowest BCUT2D eigenvalue weighted by atomic mass is 9.90. The molecule has 0 heterocycles. The molecule has 0 bridgehead atoms. The van der Waals surface area contributed by atoms with E-state index in [-0.39, 0.29) is 22.8 Å². The SMILES string of the molecule is COC(=O)CSC(=O)C1CCCCC1. The van der Waals surface area contributed by atoms with Crippen LogP contribution in [0.15, 0.2) is 0 Å². The predicted octanol–water partition coefficient (Wildman–Crippen LogP) is 2.00. The van der Waals surface area contributed by atoms with Crippen molar-refractivity contribution in [2.75, 3.05) is 12.9 Å². The Balaban J connectivity index is 2.23. The van der Waals surface area contributed by atoms with Gasteiger partial charge in [0.1, 0.15) is 0 Å². The van der Waals surface area contributed by atoms with Crippen LogP contribution in [0.5, 0.6) is 0 Å². The van der Waals surface area contributed by atoms with Gasteiger partial charge in [0.15, 0.2) is 5.12 Å². The van der Waals surface area contributed by atoms with Gasteiger partial charge >= 0.3 is 5.97 Å². The van der Waals surface area contributed by atoms with Crippen LogP contribution in [-0.4, -0.2) is 23.9 Å². The maximum absolute atomic E-state index is 11.6. The van der Waals surface area contributed by atoms with Crippen molar-refractivity contribution in [1.29, 1.82) is 0 Å². The molecule has 0 saturated heterocycles. The molecule has 1 saturated carbocycles. The van der Waals surface area contributed by atoms with Crippen molar-refractivity contribution in [2.45, 2.75) is 32.1 Å². The second-order valence-electron chi connectivity index (χ2n) is 3.52. The van der Waals surface area contributed by atoms with E-state index < -0.39 is 0 Å². The Morgan fingerprint density at radius 1 is 1.29 bits per heavy atom. The standard InChI is InChI=1S/C10H16O3S/c1-13-9(11)7-14-10(12)8-5-3-2-4-6-8/h8H,2-7H2,1H3. The number of rotatable bonds is 3. The zero-order valence-corrected chi connectivity index (χ0v) is 9.27. The number of carbonyl (C=O) groups is 2. The van der Waals surface area contributed by atoms with Crippen molar-refractivity contribution in [1.82, 2.24) is 0 Å². The number of carbonyl (C=O) groups excluding carboxylic acids is 2. The van der Waals surface area contributed by atoms with Crippen LogP contribution < -0.4 is 0 Å². The summed E-state index contributed by atoms with van der Waals surface area (Å²) in [5.41, 5.74) is 0. The summed E-state index contributed by atoms with van der Waals surface area (Å²) in [6.07, 6.45) is 5.52. The third-order valence-corrected chi connectivity index (χ3v) is 3.50. The van der Waals surface area contributed by atoms with Crippen molar-refractivity contribution in [2.24, 2.45) is 5.92 Å². The molecule has 1 aliphatic rings. The number of methoxy groups -OCH3 is 1. The Hall–Kier alpha value is -0.510. The maximum atomic E-state index is 11.6. The van der Waals surface area contributed by atoms with Gasteiger partial charge in [-0.25, -0.2) is 0 Å². The fourth-order valence-corrected chi connectivity index (χ4v) is 2.49. The van der Waals surface area contributed by atoms with Gasteiger partial charge in [-0.15, -0.1) is 0 Å². The fraction of sp³-hybridized carbons (Fsp3) is 0.800. The summed E-state index contributed by atoms with van der Waals surface area (Å²) in [5.74, 6) is 0.0174. The number of hydrogen-bond acceptors (Lipinski definition) is 4. The van der Waals surface area contributed by atoms with Gasteiger partial charge in [0, 0.05) is 5.92 Å². The highest BCUT2D eigenvalue weighted by molar-refractivity contribution is 8.14. The third kappa shape index (κ3) is 3.70. The summed E-state index contributed by atoms with van der Waals surface area (Å²) in [7, 11) is 1.34. The molecule has 80 valence electrons. The zero-order chi connectivity index (χ0) is 10.4. The molecule has 14 heavy (non-hydrogen) atoms. The van der Waals surface area contributed by atoms with Gasteiger partial charge in [-0.1, -0.05) is 31.0 Å². The van der Waals surface area contributed by atoms with Gasteiger partial charge in [-0.2, -0.15) is 0 Å². The van der Waals surface area contributed by atoms with Crippen molar-refractivity contribution in [3.05, 3.63) is 0 Å². The lowest BCUT2D eigenvalue weighted by molar-refractivity contribution is -0.137. The maximum Gasteiger partial charge on any atom is 0.316 e. The minimum Gasteiger partial charge on any atom is -0.468 e. The quantitative estimate of drug-likeness (QED) is 0.677. The number of thioether (sulfide) groups is 1.